The number of para-hydroxylation sites is 1. The number of carbonyl (C=O) groups excluding carboxylic acids is 2. The summed E-state index contributed by atoms with van der Waals surface area (Å²) >= 11 is 0. The van der Waals surface area contributed by atoms with E-state index in [4.69, 9.17) is 14.7 Å². The van der Waals surface area contributed by atoms with Crippen LogP contribution in [0.5, 0.6) is 5.75 Å². The second kappa shape index (κ2) is 11.2. The van der Waals surface area contributed by atoms with Gasteiger partial charge in [-0.3, -0.25) is 9.69 Å². The molecule has 1 saturated heterocycles. The van der Waals surface area contributed by atoms with Crippen LogP contribution in [0, 0.1) is 17.2 Å². The second-order valence-corrected chi connectivity index (χ2v) is 9.12. The number of piperazine rings is 1. The lowest BCUT2D eigenvalue weighted by atomic mass is 10.0. The third kappa shape index (κ3) is 6.86. The molecule has 0 unspecified atom stereocenters. The molecule has 1 aliphatic heterocycles. The van der Waals surface area contributed by atoms with Crippen LogP contribution >= 0.6 is 0 Å². The summed E-state index contributed by atoms with van der Waals surface area (Å²) in [7, 11) is 1.62. The van der Waals surface area contributed by atoms with Gasteiger partial charge in [0.25, 0.3) is 0 Å². The molecule has 0 N–H and O–H groups in total. The molecule has 32 heavy (non-hydrogen) atoms. The van der Waals surface area contributed by atoms with Crippen molar-refractivity contribution in [3.63, 3.8) is 0 Å². The summed E-state index contributed by atoms with van der Waals surface area (Å²) in [6, 6.07) is 9.65. The maximum atomic E-state index is 13.1. The van der Waals surface area contributed by atoms with Crippen molar-refractivity contribution in [3.8, 4) is 11.8 Å². The summed E-state index contributed by atoms with van der Waals surface area (Å²) in [5.74, 6) is 0.458. The Morgan fingerprint density at radius 3 is 2.56 bits per heavy atom. The Kier molecular flexibility index (Phi) is 8.90. The van der Waals surface area contributed by atoms with Gasteiger partial charge in [-0.05, 0) is 40.7 Å². The zero-order valence-corrected chi connectivity index (χ0v) is 20.1. The molecule has 176 valence electrons. The average molecular weight is 445 g/mol. The smallest absolute Gasteiger partial charge is 0.410 e. The fraction of sp³-hybridized carbons (Fsp3) is 0.625. The average Bonchev–Trinajstić information content (AvgIpc) is 2.76. The summed E-state index contributed by atoms with van der Waals surface area (Å²) < 4.78 is 11.1. The van der Waals surface area contributed by atoms with Gasteiger partial charge in [0.1, 0.15) is 11.4 Å². The first-order valence-electron chi connectivity index (χ1n) is 11.1. The van der Waals surface area contributed by atoms with E-state index in [9.17, 15) is 9.59 Å². The summed E-state index contributed by atoms with van der Waals surface area (Å²) in [4.78, 5) is 31.3. The standard InChI is InChI=1S/C24H36N4O4/c1-7-26(15-18(2)14-25)22(29)17-27-12-13-28(23(30)32-24(3,4)5)16-20(27)19-10-8-9-11-21(19)31-6/h8-11,18,20H,7,12-13,15-17H2,1-6H3/t18-,20-/m1/s1. The van der Waals surface area contributed by atoms with E-state index >= 15 is 0 Å². The maximum absolute atomic E-state index is 13.1. The van der Waals surface area contributed by atoms with Gasteiger partial charge in [0.15, 0.2) is 0 Å². The molecule has 0 bridgehead atoms. The van der Waals surface area contributed by atoms with Gasteiger partial charge in [0.2, 0.25) is 5.91 Å². The Balaban J connectivity index is 2.26. The van der Waals surface area contributed by atoms with E-state index in [-0.39, 0.29) is 30.5 Å². The Hall–Kier alpha value is -2.79. The molecule has 1 aromatic rings. The molecule has 2 atom stereocenters. The van der Waals surface area contributed by atoms with Gasteiger partial charge in [-0.1, -0.05) is 18.2 Å². The van der Waals surface area contributed by atoms with Gasteiger partial charge in [-0.25, -0.2) is 4.79 Å². The Bertz CT molecular complexity index is 830. The lowest BCUT2D eigenvalue weighted by Gasteiger charge is -2.42. The number of hydrogen-bond donors (Lipinski definition) is 0. The van der Waals surface area contributed by atoms with Crippen molar-refractivity contribution in [1.29, 1.82) is 5.26 Å². The number of methoxy groups -OCH3 is 1. The van der Waals surface area contributed by atoms with Crippen LogP contribution < -0.4 is 4.74 Å². The van der Waals surface area contributed by atoms with E-state index in [1.807, 2.05) is 58.9 Å². The Labute approximate surface area is 191 Å². The van der Waals surface area contributed by atoms with Crippen LogP contribution in [0.2, 0.25) is 0 Å². The molecule has 0 radical (unpaired) electrons. The highest BCUT2D eigenvalue weighted by molar-refractivity contribution is 5.78. The van der Waals surface area contributed by atoms with Gasteiger partial charge in [0.05, 0.1) is 31.7 Å². The first-order valence-corrected chi connectivity index (χ1v) is 11.1. The monoisotopic (exact) mass is 444 g/mol. The molecule has 2 rings (SSSR count). The zero-order valence-electron chi connectivity index (χ0n) is 20.1. The van der Waals surface area contributed by atoms with Crippen molar-refractivity contribution in [2.75, 3.05) is 46.4 Å². The van der Waals surface area contributed by atoms with Crippen molar-refractivity contribution in [3.05, 3.63) is 29.8 Å². The van der Waals surface area contributed by atoms with Gasteiger partial charge in [-0.2, -0.15) is 5.26 Å². The molecule has 1 aromatic carbocycles. The molecule has 0 aromatic heterocycles. The lowest BCUT2D eigenvalue weighted by molar-refractivity contribution is -0.133. The number of rotatable bonds is 7. The van der Waals surface area contributed by atoms with E-state index in [0.29, 0.717) is 38.5 Å². The fourth-order valence-corrected chi connectivity index (χ4v) is 3.79. The SMILES string of the molecule is CCN(C[C@H](C)C#N)C(=O)CN1CCN(C(=O)OC(C)(C)C)C[C@@H]1c1ccccc1OC. The molecule has 2 amide bonds. The van der Waals surface area contributed by atoms with E-state index in [2.05, 4.69) is 11.0 Å². The highest BCUT2D eigenvalue weighted by Gasteiger charge is 2.35. The molecule has 8 nitrogen and oxygen atoms in total. The number of hydrogen-bond acceptors (Lipinski definition) is 6. The first kappa shape index (κ1) is 25.5. The predicted molar refractivity (Wildman–Crippen MR) is 122 cm³/mol. The molecular weight excluding hydrogens is 408 g/mol. The van der Waals surface area contributed by atoms with Crippen LogP contribution in [0.15, 0.2) is 24.3 Å². The fourth-order valence-electron chi connectivity index (χ4n) is 3.79. The normalized spacial score (nSPS) is 17.9. The van der Waals surface area contributed by atoms with E-state index in [1.165, 1.54) is 0 Å². The van der Waals surface area contributed by atoms with Gasteiger partial charge in [-0.15, -0.1) is 0 Å². The summed E-state index contributed by atoms with van der Waals surface area (Å²) in [6.07, 6.45) is -0.360. The molecule has 0 spiro atoms. The Morgan fingerprint density at radius 2 is 1.97 bits per heavy atom. The molecule has 1 heterocycles. The minimum atomic E-state index is -0.580. The van der Waals surface area contributed by atoms with Crippen molar-refractivity contribution < 1.29 is 19.1 Å². The van der Waals surface area contributed by atoms with Crippen molar-refractivity contribution >= 4 is 12.0 Å². The summed E-state index contributed by atoms with van der Waals surface area (Å²) in [6.45, 7) is 11.8. The minimum Gasteiger partial charge on any atom is -0.496 e. The minimum absolute atomic E-state index is 0.0276. The third-order valence-electron chi connectivity index (χ3n) is 5.43. The molecule has 0 saturated carbocycles. The summed E-state index contributed by atoms with van der Waals surface area (Å²) in [5.41, 5.74) is 0.341. The zero-order chi connectivity index (χ0) is 23.9. The van der Waals surface area contributed by atoms with Crippen molar-refractivity contribution in [2.45, 2.75) is 46.3 Å². The Morgan fingerprint density at radius 1 is 1.28 bits per heavy atom. The largest absolute Gasteiger partial charge is 0.496 e. The second-order valence-electron chi connectivity index (χ2n) is 9.12. The highest BCUT2D eigenvalue weighted by atomic mass is 16.6. The van der Waals surface area contributed by atoms with Crippen molar-refractivity contribution in [2.24, 2.45) is 5.92 Å². The molecule has 1 fully saturated rings. The topological polar surface area (TPSA) is 86.1 Å². The third-order valence-corrected chi connectivity index (χ3v) is 5.43. The highest BCUT2D eigenvalue weighted by Crippen LogP contribution is 2.32. The van der Waals surface area contributed by atoms with E-state index in [0.717, 1.165) is 5.56 Å². The number of ether oxygens (including phenoxy) is 2. The van der Waals surface area contributed by atoms with Gasteiger partial charge >= 0.3 is 6.09 Å². The van der Waals surface area contributed by atoms with E-state index in [1.54, 1.807) is 16.9 Å². The first-order chi connectivity index (χ1) is 15.1. The van der Waals surface area contributed by atoms with Crippen LogP contribution in [-0.4, -0.2) is 78.7 Å². The number of carbonyl (C=O) groups is 2. The van der Waals surface area contributed by atoms with Crippen LogP contribution in [0.4, 0.5) is 4.79 Å². The number of benzene rings is 1. The molecular formula is C24H36N4O4. The summed E-state index contributed by atoms with van der Waals surface area (Å²) in [5, 5.41) is 9.13. The number of amides is 2. The molecule has 8 heteroatoms. The maximum Gasteiger partial charge on any atom is 0.410 e. The number of nitriles is 1. The number of likely N-dealkylation sites (N-methyl/N-ethyl adjacent to an activating group) is 1. The van der Waals surface area contributed by atoms with Gasteiger partial charge < -0.3 is 19.3 Å². The van der Waals surface area contributed by atoms with Crippen LogP contribution in [0.3, 0.4) is 0 Å². The van der Waals surface area contributed by atoms with E-state index < -0.39 is 5.60 Å². The lowest BCUT2D eigenvalue weighted by Crippen LogP contribution is -2.54. The molecule has 0 aliphatic carbocycles. The number of nitrogens with zero attached hydrogens (tertiary/aromatic N) is 4. The molecule has 1 aliphatic rings. The van der Waals surface area contributed by atoms with Crippen LogP contribution in [0.1, 0.15) is 46.2 Å². The predicted octanol–water partition coefficient (Wildman–Crippen LogP) is 3.30. The van der Waals surface area contributed by atoms with Crippen molar-refractivity contribution in [1.82, 2.24) is 14.7 Å². The quantitative estimate of drug-likeness (QED) is 0.641. The van der Waals surface area contributed by atoms with Crippen LogP contribution in [-0.2, 0) is 9.53 Å². The van der Waals surface area contributed by atoms with Crippen LogP contribution in [0.25, 0.3) is 0 Å². The van der Waals surface area contributed by atoms with Gasteiger partial charge in [0, 0.05) is 38.3 Å².